The highest BCUT2D eigenvalue weighted by atomic mass is 16.3. The first-order valence-corrected chi connectivity index (χ1v) is 9.53. The van der Waals surface area contributed by atoms with Gasteiger partial charge in [0.05, 0.1) is 6.26 Å². The summed E-state index contributed by atoms with van der Waals surface area (Å²) in [5.41, 5.74) is 4.51. The van der Waals surface area contributed by atoms with Crippen LogP contribution in [-0.4, -0.2) is 11.8 Å². The van der Waals surface area contributed by atoms with E-state index < -0.39 is 0 Å². The van der Waals surface area contributed by atoms with Crippen LogP contribution >= 0.6 is 0 Å². The quantitative estimate of drug-likeness (QED) is 0.450. The van der Waals surface area contributed by atoms with Gasteiger partial charge in [0, 0.05) is 22.5 Å². The van der Waals surface area contributed by atoms with Gasteiger partial charge in [-0.25, -0.2) is 0 Å². The average molecular weight is 396 g/mol. The van der Waals surface area contributed by atoms with Gasteiger partial charge in [-0.1, -0.05) is 54.6 Å². The monoisotopic (exact) mass is 396 g/mol. The van der Waals surface area contributed by atoms with Crippen molar-refractivity contribution in [2.75, 3.05) is 10.6 Å². The third-order valence-corrected chi connectivity index (χ3v) is 4.75. The molecule has 1 aromatic heterocycles. The number of amides is 2. The maximum Gasteiger partial charge on any atom is 0.291 e. The number of hydrogen-bond donors (Lipinski definition) is 2. The van der Waals surface area contributed by atoms with Crippen molar-refractivity contribution in [1.29, 1.82) is 0 Å². The van der Waals surface area contributed by atoms with Crippen molar-refractivity contribution in [3.05, 3.63) is 108 Å². The predicted octanol–water partition coefficient (Wildman–Crippen LogP) is 5.76. The Balaban J connectivity index is 1.57. The molecule has 0 aliphatic heterocycles. The minimum Gasteiger partial charge on any atom is -0.459 e. The first kappa shape index (κ1) is 19.2. The van der Waals surface area contributed by atoms with Crippen molar-refractivity contribution in [2.45, 2.75) is 6.92 Å². The summed E-state index contributed by atoms with van der Waals surface area (Å²) in [4.78, 5) is 25.2. The molecule has 0 atom stereocenters. The fourth-order valence-corrected chi connectivity index (χ4v) is 3.15. The zero-order chi connectivity index (χ0) is 20.9. The molecule has 0 saturated heterocycles. The maximum absolute atomic E-state index is 12.9. The summed E-state index contributed by atoms with van der Waals surface area (Å²) < 4.78 is 5.13. The SMILES string of the molecule is Cc1ccc(C(=O)Nc2ccccc2-c2ccccc2)cc1NC(=O)c1ccco1. The third-order valence-electron chi connectivity index (χ3n) is 4.75. The molecule has 3 aromatic carbocycles. The van der Waals surface area contributed by atoms with Crippen molar-refractivity contribution in [2.24, 2.45) is 0 Å². The highest BCUT2D eigenvalue weighted by molar-refractivity contribution is 6.08. The second-order valence-electron chi connectivity index (χ2n) is 6.83. The summed E-state index contributed by atoms with van der Waals surface area (Å²) in [5, 5.41) is 5.78. The van der Waals surface area contributed by atoms with Gasteiger partial charge in [0.2, 0.25) is 0 Å². The molecule has 4 aromatic rings. The van der Waals surface area contributed by atoms with Crippen molar-refractivity contribution >= 4 is 23.2 Å². The van der Waals surface area contributed by atoms with E-state index in [9.17, 15) is 9.59 Å². The molecule has 0 fully saturated rings. The lowest BCUT2D eigenvalue weighted by Gasteiger charge is -2.13. The molecular weight excluding hydrogens is 376 g/mol. The minimum absolute atomic E-state index is 0.209. The molecule has 5 heteroatoms. The fourth-order valence-electron chi connectivity index (χ4n) is 3.15. The Morgan fingerprint density at radius 3 is 2.23 bits per heavy atom. The van der Waals surface area contributed by atoms with E-state index in [1.54, 1.807) is 30.3 Å². The summed E-state index contributed by atoms with van der Waals surface area (Å²) in [6, 6.07) is 26.0. The largest absolute Gasteiger partial charge is 0.459 e. The average Bonchev–Trinajstić information content (AvgIpc) is 3.31. The van der Waals surface area contributed by atoms with Crippen LogP contribution in [0.3, 0.4) is 0 Å². The minimum atomic E-state index is -0.366. The summed E-state index contributed by atoms with van der Waals surface area (Å²) in [6.45, 7) is 1.87. The van der Waals surface area contributed by atoms with E-state index in [2.05, 4.69) is 10.6 Å². The van der Waals surface area contributed by atoms with Gasteiger partial charge in [-0.15, -0.1) is 0 Å². The van der Waals surface area contributed by atoms with E-state index in [-0.39, 0.29) is 17.6 Å². The van der Waals surface area contributed by atoms with Gasteiger partial charge in [0.1, 0.15) is 0 Å². The van der Waals surface area contributed by atoms with Crippen LogP contribution in [0.4, 0.5) is 11.4 Å². The topological polar surface area (TPSA) is 71.3 Å². The van der Waals surface area contributed by atoms with E-state index in [0.717, 1.165) is 22.4 Å². The van der Waals surface area contributed by atoms with Crippen LogP contribution in [0.5, 0.6) is 0 Å². The van der Waals surface area contributed by atoms with E-state index in [1.165, 1.54) is 6.26 Å². The Morgan fingerprint density at radius 2 is 1.47 bits per heavy atom. The number of para-hydroxylation sites is 1. The molecule has 30 heavy (non-hydrogen) atoms. The zero-order valence-electron chi connectivity index (χ0n) is 16.4. The fraction of sp³-hybridized carbons (Fsp3) is 0.0400. The smallest absolute Gasteiger partial charge is 0.291 e. The van der Waals surface area contributed by atoms with Crippen LogP contribution in [0.2, 0.25) is 0 Å². The van der Waals surface area contributed by atoms with Gasteiger partial charge in [-0.2, -0.15) is 0 Å². The normalized spacial score (nSPS) is 10.4. The van der Waals surface area contributed by atoms with Crippen LogP contribution in [-0.2, 0) is 0 Å². The summed E-state index contributed by atoms with van der Waals surface area (Å²) in [7, 11) is 0. The number of furan rings is 1. The molecule has 0 spiro atoms. The lowest BCUT2D eigenvalue weighted by Crippen LogP contribution is -2.15. The van der Waals surface area contributed by atoms with Crippen LogP contribution in [0.15, 0.2) is 95.6 Å². The Labute approximate surface area is 174 Å². The highest BCUT2D eigenvalue weighted by Gasteiger charge is 2.14. The number of rotatable bonds is 5. The summed E-state index contributed by atoms with van der Waals surface area (Å²) in [6.07, 6.45) is 1.44. The van der Waals surface area contributed by atoms with Crippen LogP contribution < -0.4 is 10.6 Å². The first-order chi connectivity index (χ1) is 14.6. The van der Waals surface area contributed by atoms with E-state index in [0.29, 0.717) is 11.3 Å². The molecule has 148 valence electrons. The molecule has 0 unspecified atom stereocenters. The lowest BCUT2D eigenvalue weighted by molar-refractivity contribution is 0.0993. The Hall–Kier alpha value is -4.12. The van der Waals surface area contributed by atoms with Gasteiger partial charge in [-0.05, 0) is 48.4 Å². The van der Waals surface area contributed by atoms with Crippen molar-refractivity contribution in [3.8, 4) is 11.1 Å². The second kappa shape index (κ2) is 8.49. The number of carbonyl (C=O) groups excluding carboxylic acids is 2. The molecule has 0 bridgehead atoms. The van der Waals surface area contributed by atoms with Gasteiger partial charge in [0.25, 0.3) is 11.8 Å². The number of anilines is 2. The van der Waals surface area contributed by atoms with Crippen molar-refractivity contribution < 1.29 is 14.0 Å². The second-order valence-corrected chi connectivity index (χ2v) is 6.83. The molecule has 0 radical (unpaired) electrons. The predicted molar refractivity (Wildman–Crippen MR) is 118 cm³/mol. The Morgan fingerprint density at radius 1 is 0.733 bits per heavy atom. The van der Waals surface area contributed by atoms with E-state index in [4.69, 9.17) is 4.42 Å². The van der Waals surface area contributed by atoms with Crippen molar-refractivity contribution in [1.82, 2.24) is 0 Å². The summed E-state index contributed by atoms with van der Waals surface area (Å²) >= 11 is 0. The van der Waals surface area contributed by atoms with Gasteiger partial charge in [-0.3, -0.25) is 9.59 Å². The molecule has 0 aliphatic rings. The standard InChI is InChI=1S/C25H20N2O3/c1-17-13-14-19(16-22(17)27-25(29)23-12-7-15-30-23)24(28)26-21-11-6-5-10-20(21)18-8-3-2-4-9-18/h2-16H,1H3,(H,26,28)(H,27,29). The van der Waals surface area contributed by atoms with E-state index >= 15 is 0 Å². The van der Waals surface area contributed by atoms with Gasteiger partial charge < -0.3 is 15.1 Å². The molecule has 4 rings (SSSR count). The summed E-state index contributed by atoms with van der Waals surface area (Å²) in [5.74, 6) is -0.414. The molecule has 2 amide bonds. The Kier molecular flexibility index (Phi) is 5.44. The van der Waals surface area contributed by atoms with Crippen molar-refractivity contribution in [3.63, 3.8) is 0 Å². The lowest BCUT2D eigenvalue weighted by atomic mass is 10.0. The maximum atomic E-state index is 12.9. The van der Waals surface area contributed by atoms with Gasteiger partial charge >= 0.3 is 0 Å². The van der Waals surface area contributed by atoms with E-state index in [1.807, 2.05) is 61.5 Å². The molecule has 5 nitrogen and oxygen atoms in total. The molecule has 2 N–H and O–H groups in total. The highest BCUT2D eigenvalue weighted by Crippen LogP contribution is 2.28. The first-order valence-electron chi connectivity index (χ1n) is 9.53. The van der Waals surface area contributed by atoms with Crippen LogP contribution in [0, 0.1) is 6.92 Å². The molecule has 0 saturated carbocycles. The van der Waals surface area contributed by atoms with Crippen LogP contribution in [0.1, 0.15) is 26.5 Å². The third kappa shape index (κ3) is 4.15. The molecular formula is C25H20N2O3. The van der Waals surface area contributed by atoms with Gasteiger partial charge in [0.15, 0.2) is 5.76 Å². The number of benzene rings is 3. The molecule has 0 aliphatic carbocycles. The number of nitrogens with one attached hydrogen (secondary N) is 2. The Bertz CT molecular complexity index is 1180. The zero-order valence-corrected chi connectivity index (χ0v) is 16.4. The number of aryl methyl sites for hydroxylation is 1. The molecule has 1 heterocycles. The number of hydrogen-bond acceptors (Lipinski definition) is 3. The van der Waals surface area contributed by atoms with Crippen LogP contribution in [0.25, 0.3) is 11.1 Å². The number of carbonyl (C=O) groups is 2.